The molecule has 0 aliphatic carbocycles. The maximum atomic E-state index is 2.36. The standard InChI is InChI=1S/C24H52N.ClH/c1-5-9-13-14-15-16-17-18-19-20-24-25(21-10-6-2,22-11-7-3)23-12-8-4;/h5-24H2,1-4H3;1H/q+1;/p-1. The van der Waals surface area contributed by atoms with Crippen LogP contribution in [0, 0.1) is 0 Å². The Bertz CT molecular complexity index is 233. The molecular weight excluding hydrogens is 338 g/mol. The molecule has 0 rings (SSSR count). The summed E-state index contributed by atoms with van der Waals surface area (Å²) in [5.41, 5.74) is 0. The van der Waals surface area contributed by atoms with E-state index in [1.165, 1.54) is 133 Å². The Balaban J connectivity index is 0. The molecule has 0 bridgehead atoms. The average Bonchev–Trinajstić information content (AvgIpc) is 2.64. The Morgan fingerprint density at radius 2 is 0.615 bits per heavy atom. The quantitative estimate of drug-likeness (QED) is 0.200. The Morgan fingerprint density at radius 1 is 0.346 bits per heavy atom. The fraction of sp³-hybridized carbons (Fsp3) is 1.00. The predicted octanol–water partition coefficient (Wildman–Crippen LogP) is 5.13. The first-order chi connectivity index (χ1) is 12.2. The van der Waals surface area contributed by atoms with Crippen LogP contribution in [0.4, 0.5) is 0 Å². The second-order valence-corrected chi connectivity index (χ2v) is 8.48. The highest BCUT2D eigenvalue weighted by molar-refractivity contribution is 4.52. The summed E-state index contributed by atoms with van der Waals surface area (Å²) in [4.78, 5) is 0. The minimum absolute atomic E-state index is 0. The molecule has 0 heterocycles. The highest BCUT2D eigenvalue weighted by Crippen LogP contribution is 2.18. The zero-order chi connectivity index (χ0) is 18.6. The zero-order valence-electron chi connectivity index (χ0n) is 19.0. The summed E-state index contributed by atoms with van der Waals surface area (Å²) in [7, 11) is 0. The second kappa shape index (κ2) is 21.5. The zero-order valence-corrected chi connectivity index (χ0v) is 19.7. The molecule has 0 unspecified atom stereocenters. The molecule has 160 valence electrons. The van der Waals surface area contributed by atoms with E-state index in [9.17, 15) is 0 Å². The van der Waals surface area contributed by atoms with Gasteiger partial charge in [-0.15, -0.1) is 0 Å². The van der Waals surface area contributed by atoms with Gasteiger partial charge in [0.1, 0.15) is 0 Å². The lowest BCUT2D eigenvalue weighted by Gasteiger charge is -2.39. The van der Waals surface area contributed by atoms with E-state index in [2.05, 4.69) is 27.7 Å². The van der Waals surface area contributed by atoms with Crippen LogP contribution in [0.1, 0.15) is 130 Å². The minimum Gasteiger partial charge on any atom is -1.00 e. The van der Waals surface area contributed by atoms with Crippen LogP contribution >= 0.6 is 0 Å². The SMILES string of the molecule is CCCCCCCCCCCC[N+](CCCC)(CCCC)CCCC.[Cl-]. The van der Waals surface area contributed by atoms with Crippen LogP contribution in [-0.4, -0.2) is 30.7 Å². The number of hydrogen-bond donors (Lipinski definition) is 0. The molecule has 0 atom stereocenters. The Kier molecular flexibility index (Phi) is 23.6. The van der Waals surface area contributed by atoms with Gasteiger partial charge in [0, 0.05) is 0 Å². The first kappa shape index (κ1) is 28.5. The normalized spacial score (nSPS) is 11.5. The van der Waals surface area contributed by atoms with Gasteiger partial charge in [0.25, 0.3) is 0 Å². The van der Waals surface area contributed by atoms with Crippen molar-refractivity contribution in [3.63, 3.8) is 0 Å². The average molecular weight is 390 g/mol. The van der Waals surface area contributed by atoms with Crippen LogP contribution in [0.3, 0.4) is 0 Å². The summed E-state index contributed by atoms with van der Waals surface area (Å²) in [6.45, 7) is 15.1. The van der Waals surface area contributed by atoms with Crippen molar-refractivity contribution in [3.8, 4) is 0 Å². The van der Waals surface area contributed by atoms with Gasteiger partial charge in [-0.1, -0.05) is 98.3 Å². The third-order valence-corrected chi connectivity index (χ3v) is 5.94. The first-order valence-corrected chi connectivity index (χ1v) is 12.1. The van der Waals surface area contributed by atoms with Crippen molar-refractivity contribution < 1.29 is 16.9 Å². The Hall–Kier alpha value is 0.250. The molecular formula is C24H52ClN. The number of hydrogen-bond acceptors (Lipinski definition) is 0. The fourth-order valence-corrected chi connectivity index (χ4v) is 4.09. The summed E-state index contributed by atoms with van der Waals surface area (Å²) in [5, 5.41) is 0. The number of quaternary nitrogens is 1. The summed E-state index contributed by atoms with van der Waals surface area (Å²) in [6, 6.07) is 0. The fourth-order valence-electron chi connectivity index (χ4n) is 4.09. The van der Waals surface area contributed by atoms with Crippen LogP contribution in [0.5, 0.6) is 0 Å². The molecule has 2 heteroatoms. The van der Waals surface area contributed by atoms with Gasteiger partial charge >= 0.3 is 0 Å². The highest BCUT2D eigenvalue weighted by Gasteiger charge is 2.24. The van der Waals surface area contributed by atoms with Crippen molar-refractivity contribution in [2.75, 3.05) is 26.2 Å². The van der Waals surface area contributed by atoms with Gasteiger partial charge in [-0.2, -0.15) is 0 Å². The lowest BCUT2D eigenvalue weighted by Crippen LogP contribution is -3.00. The molecule has 0 saturated heterocycles. The first-order valence-electron chi connectivity index (χ1n) is 12.1. The lowest BCUT2D eigenvalue weighted by atomic mass is 10.1. The van der Waals surface area contributed by atoms with Crippen LogP contribution in [0.25, 0.3) is 0 Å². The predicted molar refractivity (Wildman–Crippen MR) is 116 cm³/mol. The van der Waals surface area contributed by atoms with E-state index >= 15 is 0 Å². The molecule has 0 aromatic rings. The minimum atomic E-state index is 0. The maximum Gasteiger partial charge on any atom is 0.0786 e. The smallest absolute Gasteiger partial charge is 0.0786 e. The molecule has 0 amide bonds. The van der Waals surface area contributed by atoms with Crippen molar-refractivity contribution in [1.82, 2.24) is 0 Å². The molecule has 1 nitrogen and oxygen atoms in total. The van der Waals surface area contributed by atoms with Gasteiger partial charge in [-0.3, -0.25) is 0 Å². The van der Waals surface area contributed by atoms with E-state index in [4.69, 9.17) is 0 Å². The molecule has 0 aliphatic rings. The van der Waals surface area contributed by atoms with Crippen molar-refractivity contribution >= 4 is 0 Å². The van der Waals surface area contributed by atoms with E-state index < -0.39 is 0 Å². The van der Waals surface area contributed by atoms with Crippen LogP contribution < -0.4 is 12.4 Å². The summed E-state index contributed by atoms with van der Waals surface area (Å²) in [6.07, 6.45) is 22.9. The lowest BCUT2D eigenvalue weighted by molar-refractivity contribution is -0.929. The van der Waals surface area contributed by atoms with E-state index in [0.29, 0.717) is 0 Å². The Morgan fingerprint density at radius 3 is 0.962 bits per heavy atom. The van der Waals surface area contributed by atoms with Gasteiger partial charge < -0.3 is 16.9 Å². The van der Waals surface area contributed by atoms with Crippen LogP contribution in [0.2, 0.25) is 0 Å². The van der Waals surface area contributed by atoms with Crippen LogP contribution in [0.15, 0.2) is 0 Å². The monoisotopic (exact) mass is 389 g/mol. The Labute approximate surface area is 173 Å². The molecule has 0 N–H and O–H groups in total. The van der Waals surface area contributed by atoms with Crippen molar-refractivity contribution in [3.05, 3.63) is 0 Å². The number of halogens is 1. The summed E-state index contributed by atoms with van der Waals surface area (Å²) in [5.74, 6) is 0. The molecule has 0 aromatic heterocycles. The number of nitrogens with zero attached hydrogens (tertiary/aromatic N) is 1. The largest absolute Gasteiger partial charge is 1.00 e. The molecule has 0 spiro atoms. The van der Waals surface area contributed by atoms with Gasteiger partial charge in [0.2, 0.25) is 0 Å². The highest BCUT2D eigenvalue weighted by atomic mass is 35.5. The summed E-state index contributed by atoms with van der Waals surface area (Å²) >= 11 is 0. The molecule has 26 heavy (non-hydrogen) atoms. The van der Waals surface area contributed by atoms with Gasteiger partial charge in [0.15, 0.2) is 0 Å². The van der Waals surface area contributed by atoms with E-state index in [-0.39, 0.29) is 12.4 Å². The summed E-state index contributed by atoms with van der Waals surface area (Å²) < 4.78 is 1.44. The second-order valence-electron chi connectivity index (χ2n) is 8.48. The van der Waals surface area contributed by atoms with Gasteiger partial charge in [0.05, 0.1) is 26.2 Å². The molecule has 0 aromatic carbocycles. The molecule has 0 radical (unpaired) electrons. The topological polar surface area (TPSA) is 0 Å². The van der Waals surface area contributed by atoms with Crippen molar-refractivity contribution in [1.29, 1.82) is 0 Å². The third-order valence-electron chi connectivity index (χ3n) is 5.94. The van der Waals surface area contributed by atoms with E-state index in [0.717, 1.165) is 0 Å². The van der Waals surface area contributed by atoms with Crippen LogP contribution in [-0.2, 0) is 0 Å². The van der Waals surface area contributed by atoms with Crippen molar-refractivity contribution in [2.24, 2.45) is 0 Å². The van der Waals surface area contributed by atoms with Gasteiger partial charge in [-0.05, 0) is 32.1 Å². The molecule has 0 fully saturated rings. The number of unbranched alkanes of at least 4 members (excludes halogenated alkanes) is 12. The number of rotatable bonds is 20. The maximum absolute atomic E-state index is 2.36. The third kappa shape index (κ3) is 16.4. The van der Waals surface area contributed by atoms with E-state index in [1.807, 2.05) is 0 Å². The molecule has 0 saturated carbocycles. The van der Waals surface area contributed by atoms with Gasteiger partial charge in [-0.25, -0.2) is 0 Å². The van der Waals surface area contributed by atoms with E-state index in [1.54, 1.807) is 0 Å². The van der Waals surface area contributed by atoms with Crippen molar-refractivity contribution in [2.45, 2.75) is 130 Å². The molecule has 0 aliphatic heterocycles.